The van der Waals surface area contributed by atoms with E-state index >= 15 is 0 Å². The Balaban J connectivity index is 0.000000109. The summed E-state index contributed by atoms with van der Waals surface area (Å²) in [6, 6.07) is 2.83. The van der Waals surface area contributed by atoms with Gasteiger partial charge in [0.2, 0.25) is 0 Å². The molecule has 0 aliphatic carbocycles. The third-order valence-electron chi connectivity index (χ3n) is 9.74. The van der Waals surface area contributed by atoms with Crippen LogP contribution in [0, 0.1) is 23.7 Å². The molecule has 174 valence electrons. The minimum atomic E-state index is 0.939. The van der Waals surface area contributed by atoms with Gasteiger partial charge in [-0.1, -0.05) is 27.2 Å². The number of hydrogen-bond donors (Lipinski definition) is 0. The maximum Gasteiger partial charge on any atom is 0.0121 e. The van der Waals surface area contributed by atoms with Crippen molar-refractivity contribution in [2.24, 2.45) is 23.7 Å². The monoisotopic (exact) mass is 417 g/mol. The highest BCUT2D eigenvalue weighted by atomic mass is 15.2. The van der Waals surface area contributed by atoms with Crippen molar-refractivity contribution in [1.82, 2.24) is 14.7 Å². The normalized spacial score (nSPS) is 45.6. The van der Waals surface area contributed by atoms with Crippen LogP contribution < -0.4 is 0 Å². The molecule has 5 atom stereocenters. The summed E-state index contributed by atoms with van der Waals surface area (Å²) in [5.41, 5.74) is 0. The van der Waals surface area contributed by atoms with Gasteiger partial charge in [-0.2, -0.15) is 0 Å². The van der Waals surface area contributed by atoms with Gasteiger partial charge in [0, 0.05) is 24.7 Å². The Morgan fingerprint density at radius 2 is 1.30 bits per heavy atom. The average molecular weight is 418 g/mol. The Morgan fingerprint density at radius 3 is 1.83 bits per heavy atom. The summed E-state index contributed by atoms with van der Waals surface area (Å²) in [4.78, 5) is 7.92. The van der Waals surface area contributed by atoms with Gasteiger partial charge in [-0.3, -0.25) is 0 Å². The average Bonchev–Trinajstić information content (AvgIpc) is 2.97. The molecule has 0 radical (unpaired) electrons. The summed E-state index contributed by atoms with van der Waals surface area (Å²) in [6.45, 7) is 14.1. The molecule has 7 saturated heterocycles. The Bertz CT molecular complexity index is 498. The third kappa shape index (κ3) is 5.62. The molecular formula is C27H51N3. The predicted octanol–water partition coefficient (Wildman–Crippen LogP) is 5.50. The van der Waals surface area contributed by atoms with Crippen molar-refractivity contribution in [1.29, 1.82) is 0 Å². The Labute approximate surface area is 187 Å². The molecule has 0 aromatic rings. The molecule has 7 aliphatic rings. The van der Waals surface area contributed by atoms with Crippen LogP contribution in [0.1, 0.15) is 91.4 Å². The summed E-state index contributed by atoms with van der Waals surface area (Å²) in [6.07, 6.45) is 16.1. The molecule has 7 heterocycles. The van der Waals surface area contributed by atoms with Crippen LogP contribution in [0.3, 0.4) is 0 Å². The van der Waals surface area contributed by atoms with Gasteiger partial charge in [-0.05, 0) is 121 Å². The zero-order chi connectivity index (χ0) is 21.1. The van der Waals surface area contributed by atoms with Gasteiger partial charge in [0.25, 0.3) is 0 Å². The first-order valence-electron chi connectivity index (χ1n) is 13.7. The van der Waals surface area contributed by atoms with Crippen LogP contribution in [0.5, 0.6) is 0 Å². The lowest BCUT2D eigenvalue weighted by atomic mass is 9.80. The van der Waals surface area contributed by atoms with E-state index in [0.29, 0.717) is 0 Å². The quantitative estimate of drug-likeness (QED) is 0.515. The van der Waals surface area contributed by atoms with Crippen molar-refractivity contribution < 1.29 is 0 Å². The fourth-order valence-corrected chi connectivity index (χ4v) is 7.69. The lowest BCUT2D eigenvalue weighted by molar-refractivity contribution is 0.0603. The van der Waals surface area contributed by atoms with Crippen LogP contribution >= 0.6 is 0 Å². The Hall–Kier alpha value is -0.120. The summed E-state index contributed by atoms with van der Waals surface area (Å²) in [5, 5.41) is 0. The van der Waals surface area contributed by atoms with Gasteiger partial charge < -0.3 is 14.7 Å². The predicted molar refractivity (Wildman–Crippen MR) is 129 cm³/mol. The van der Waals surface area contributed by atoms with E-state index in [1.165, 1.54) is 103 Å². The summed E-state index contributed by atoms with van der Waals surface area (Å²) in [7, 11) is 2.30. The number of piperidine rings is 6. The van der Waals surface area contributed by atoms with Gasteiger partial charge in [0.1, 0.15) is 0 Å². The van der Waals surface area contributed by atoms with Crippen molar-refractivity contribution in [2.75, 3.05) is 39.8 Å². The molecule has 0 aromatic heterocycles. The molecule has 7 fully saturated rings. The largest absolute Gasteiger partial charge is 0.303 e. The Kier molecular flexibility index (Phi) is 8.19. The second-order valence-corrected chi connectivity index (χ2v) is 12.0. The molecule has 3 nitrogen and oxygen atoms in total. The number of hydrogen-bond acceptors (Lipinski definition) is 3. The summed E-state index contributed by atoms with van der Waals surface area (Å²) in [5.74, 6) is 4.04. The van der Waals surface area contributed by atoms with Gasteiger partial charge in [0.15, 0.2) is 0 Å². The molecule has 7 rings (SSSR count). The van der Waals surface area contributed by atoms with E-state index in [2.05, 4.69) is 42.5 Å². The van der Waals surface area contributed by atoms with E-state index < -0.39 is 0 Å². The zero-order valence-electron chi connectivity index (χ0n) is 20.7. The number of nitrogens with zero attached hydrogens (tertiary/aromatic N) is 3. The molecular weight excluding hydrogens is 366 g/mol. The molecule has 0 spiro atoms. The Morgan fingerprint density at radius 1 is 0.633 bits per heavy atom. The number of fused-ring (bicyclic) bond motifs is 6. The van der Waals surface area contributed by atoms with E-state index in [-0.39, 0.29) is 0 Å². The van der Waals surface area contributed by atoms with E-state index in [1.54, 1.807) is 0 Å². The van der Waals surface area contributed by atoms with E-state index in [4.69, 9.17) is 0 Å². The van der Waals surface area contributed by atoms with Crippen molar-refractivity contribution in [3.8, 4) is 0 Å². The maximum atomic E-state index is 2.72. The maximum absolute atomic E-state index is 2.72. The lowest BCUT2D eigenvalue weighted by Crippen LogP contribution is -2.46. The van der Waals surface area contributed by atoms with Gasteiger partial charge in [-0.15, -0.1) is 0 Å². The van der Waals surface area contributed by atoms with Crippen LogP contribution in [-0.4, -0.2) is 72.6 Å². The first kappa shape index (κ1) is 23.1. The van der Waals surface area contributed by atoms with Crippen LogP contribution in [0.4, 0.5) is 0 Å². The van der Waals surface area contributed by atoms with Crippen molar-refractivity contribution in [2.45, 2.75) is 110 Å². The van der Waals surface area contributed by atoms with Crippen molar-refractivity contribution in [3.63, 3.8) is 0 Å². The van der Waals surface area contributed by atoms with Crippen LogP contribution in [0.15, 0.2) is 0 Å². The summed E-state index contributed by atoms with van der Waals surface area (Å²) < 4.78 is 0. The summed E-state index contributed by atoms with van der Waals surface area (Å²) >= 11 is 0. The smallest absolute Gasteiger partial charge is 0.0121 e. The molecule has 0 saturated carbocycles. The SMILES string of the molecule is CC1CC2CCC(C1)N2C.CC1CCCN2CCCCC12.CC1CN2CCC1CC2. The fourth-order valence-electron chi connectivity index (χ4n) is 7.69. The topological polar surface area (TPSA) is 9.72 Å². The van der Waals surface area contributed by atoms with E-state index in [0.717, 1.165) is 41.8 Å². The van der Waals surface area contributed by atoms with E-state index in [1.807, 2.05) is 0 Å². The van der Waals surface area contributed by atoms with Gasteiger partial charge in [-0.25, -0.2) is 0 Å². The molecule has 5 unspecified atom stereocenters. The fraction of sp³-hybridized carbons (Fsp3) is 1.00. The van der Waals surface area contributed by atoms with Crippen LogP contribution in [-0.2, 0) is 0 Å². The molecule has 0 aromatic carbocycles. The number of rotatable bonds is 0. The second-order valence-electron chi connectivity index (χ2n) is 12.0. The van der Waals surface area contributed by atoms with Crippen molar-refractivity contribution >= 4 is 0 Å². The highest BCUT2D eigenvalue weighted by Crippen LogP contribution is 2.37. The minimum Gasteiger partial charge on any atom is -0.303 e. The lowest BCUT2D eigenvalue weighted by Gasteiger charge is -2.43. The van der Waals surface area contributed by atoms with Gasteiger partial charge in [0.05, 0.1) is 0 Å². The molecule has 30 heavy (non-hydrogen) atoms. The first-order valence-corrected chi connectivity index (χ1v) is 13.7. The third-order valence-corrected chi connectivity index (χ3v) is 9.74. The minimum absolute atomic E-state index is 0.939. The van der Waals surface area contributed by atoms with Gasteiger partial charge >= 0.3 is 0 Å². The standard InChI is InChI=1S/C10H19N.C9H17N.C8H15N/c1-9-5-4-8-11-7-3-2-6-10(9)11;1-7-5-8-3-4-9(6-7)10(8)2;1-7-6-9-4-2-8(7)3-5-9/h9-10H,2-8H2,1H3;7-9H,3-6H2,1-2H3;7-8H,2-6H2,1H3. The first-order chi connectivity index (χ1) is 14.5. The zero-order valence-corrected chi connectivity index (χ0v) is 20.7. The molecule has 4 bridgehead atoms. The molecule has 7 aliphatic heterocycles. The molecule has 0 N–H and O–H groups in total. The van der Waals surface area contributed by atoms with Crippen molar-refractivity contribution in [3.05, 3.63) is 0 Å². The van der Waals surface area contributed by atoms with Crippen LogP contribution in [0.25, 0.3) is 0 Å². The molecule has 3 heteroatoms. The van der Waals surface area contributed by atoms with Crippen LogP contribution in [0.2, 0.25) is 0 Å². The highest BCUT2D eigenvalue weighted by molar-refractivity contribution is 4.92. The second kappa shape index (κ2) is 10.7. The molecule has 0 amide bonds. The highest BCUT2D eigenvalue weighted by Gasteiger charge is 2.36. The van der Waals surface area contributed by atoms with E-state index in [9.17, 15) is 0 Å².